The summed E-state index contributed by atoms with van der Waals surface area (Å²) in [7, 11) is 0. The SMILES string of the molecule is CCC(O)(Cc1ccccc1Br)c1cccc(F)c1. The summed E-state index contributed by atoms with van der Waals surface area (Å²) in [6, 6.07) is 14.0. The van der Waals surface area contributed by atoms with Crippen LogP contribution in [0.1, 0.15) is 24.5 Å². The van der Waals surface area contributed by atoms with Crippen LogP contribution in [0.25, 0.3) is 0 Å². The van der Waals surface area contributed by atoms with E-state index in [0.29, 0.717) is 18.4 Å². The van der Waals surface area contributed by atoms with Crippen molar-refractivity contribution in [1.82, 2.24) is 0 Å². The second-order valence-electron chi connectivity index (χ2n) is 4.66. The Bertz CT molecular complexity index is 570. The van der Waals surface area contributed by atoms with E-state index in [1.54, 1.807) is 12.1 Å². The Morgan fingerprint density at radius 1 is 1.16 bits per heavy atom. The van der Waals surface area contributed by atoms with Gasteiger partial charge in [0.15, 0.2) is 0 Å². The summed E-state index contributed by atoms with van der Waals surface area (Å²) < 4.78 is 14.3. The maximum Gasteiger partial charge on any atom is 0.123 e. The van der Waals surface area contributed by atoms with Gasteiger partial charge in [-0.3, -0.25) is 0 Å². The van der Waals surface area contributed by atoms with E-state index in [4.69, 9.17) is 0 Å². The zero-order valence-electron chi connectivity index (χ0n) is 10.7. The van der Waals surface area contributed by atoms with Crippen molar-refractivity contribution in [2.45, 2.75) is 25.4 Å². The average Bonchev–Trinajstić information content (AvgIpc) is 2.41. The Balaban J connectivity index is 2.36. The van der Waals surface area contributed by atoms with Gasteiger partial charge in [-0.25, -0.2) is 4.39 Å². The summed E-state index contributed by atoms with van der Waals surface area (Å²) in [5, 5.41) is 10.8. The quantitative estimate of drug-likeness (QED) is 0.882. The Morgan fingerprint density at radius 2 is 1.89 bits per heavy atom. The van der Waals surface area contributed by atoms with Gasteiger partial charge in [0.1, 0.15) is 5.82 Å². The first-order chi connectivity index (χ1) is 9.05. The van der Waals surface area contributed by atoms with E-state index in [0.717, 1.165) is 10.0 Å². The molecule has 0 fully saturated rings. The summed E-state index contributed by atoms with van der Waals surface area (Å²) in [4.78, 5) is 0. The van der Waals surface area contributed by atoms with E-state index in [9.17, 15) is 9.50 Å². The van der Waals surface area contributed by atoms with Crippen molar-refractivity contribution in [3.8, 4) is 0 Å². The van der Waals surface area contributed by atoms with Gasteiger partial charge in [0.2, 0.25) is 0 Å². The molecule has 1 unspecified atom stereocenters. The summed E-state index contributed by atoms with van der Waals surface area (Å²) in [6.07, 6.45) is 0.978. The smallest absolute Gasteiger partial charge is 0.123 e. The molecule has 0 radical (unpaired) electrons. The molecule has 0 aromatic heterocycles. The maximum atomic E-state index is 13.3. The predicted octanol–water partition coefficient (Wildman–Crippen LogP) is 4.43. The van der Waals surface area contributed by atoms with Gasteiger partial charge in [-0.15, -0.1) is 0 Å². The van der Waals surface area contributed by atoms with E-state index >= 15 is 0 Å². The summed E-state index contributed by atoms with van der Waals surface area (Å²) in [6.45, 7) is 1.90. The molecule has 3 heteroatoms. The summed E-state index contributed by atoms with van der Waals surface area (Å²) in [5.41, 5.74) is 0.577. The Labute approximate surface area is 121 Å². The highest BCUT2D eigenvalue weighted by Gasteiger charge is 2.28. The monoisotopic (exact) mass is 322 g/mol. The fraction of sp³-hybridized carbons (Fsp3) is 0.250. The molecular weight excluding hydrogens is 307 g/mol. The van der Waals surface area contributed by atoms with Crippen LogP contribution in [0.4, 0.5) is 4.39 Å². The Hall–Kier alpha value is -1.19. The zero-order chi connectivity index (χ0) is 13.9. The highest BCUT2D eigenvalue weighted by Crippen LogP contribution is 2.32. The van der Waals surface area contributed by atoms with Crippen LogP contribution in [-0.4, -0.2) is 5.11 Å². The lowest BCUT2D eigenvalue weighted by molar-refractivity contribution is 0.0323. The number of aliphatic hydroxyl groups is 1. The van der Waals surface area contributed by atoms with Gasteiger partial charge in [0.05, 0.1) is 5.60 Å². The lowest BCUT2D eigenvalue weighted by atomic mass is 9.85. The molecule has 0 aliphatic heterocycles. The third kappa shape index (κ3) is 3.23. The molecule has 0 amide bonds. The van der Waals surface area contributed by atoms with Gasteiger partial charge in [-0.1, -0.05) is 53.2 Å². The average molecular weight is 323 g/mol. The van der Waals surface area contributed by atoms with Crippen LogP contribution in [-0.2, 0) is 12.0 Å². The normalized spacial score (nSPS) is 14.1. The maximum absolute atomic E-state index is 13.3. The largest absolute Gasteiger partial charge is 0.385 e. The molecule has 2 aromatic rings. The third-order valence-electron chi connectivity index (χ3n) is 3.39. The first kappa shape index (κ1) is 14.2. The molecule has 0 spiro atoms. The number of hydrogen-bond donors (Lipinski definition) is 1. The minimum Gasteiger partial charge on any atom is -0.385 e. The van der Waals surface area contributed by atoms with E-state index < -0.39 is 5.60 Å². The Kier molecular flexibility index (Phi) is 4.38. The third-order valence-corrected chi connectivity index (χ3v) is 4.16. The standard InChI is InChI=1S/C16H16BrFO/c1-2-16(19,13-7-5-8-14(18)10-13)11-12-6-3-4-9-15(12)17/h3-10,19H,2,11H2,1H3. The molecule has 0 aliphatic rings. The van der Waals surface area contributed by atoms with Crippen molar-refractivity contribution >= 4 is 15.9 Å². The van der Waals surface area contributed by atoms with Crippen molar-refractivity contribution in [2.24, 2.45) is 0 Å². The first-order valence-electron chi connectivity index (χ1n) is 6.27. The van der Waals surface area contributed by atoms with E-state index in [1.165, 1.54) is 12.1 Å². The van der Waals surface area contributed by atoms with Crippen molar-refractivity contribution in [3.05, 3.63) is 69.9 Å². The van der Waals surface area contributed by atoms with Gasteiger partial charge in [0, 0.05) is 10.9 Å². The van der Waals surface area contributed by atoms with Crippen LogP contribution in [0, 0.1) is 5.82 Å². The lowest BCUT2D eigenvalue weighted by Crippen LogP contribution is -2.28. The molecule has 2 rings (SSSR count). The van der Waals surface area contributed by atoms with Gasteiger partial charge in [-0.2, -0.15) is 0 Å². The number of halogens is 2. The Morgan fingerprint density at radius 3 is 2.53 bits per heavy atom. The zero-order valence-corrected chi connectivity index (χ0v) is 12.3. The fourth-order valence-electron chi connectivity index (χ4n) is 2.17. The second-order valence-corrected chi connectivity index (χ2v) is 5.52. The molecular formula is C16H16BrFO. The molecule has 0 saturated carbocycles. The van der Waals surface area contributed by atoms with Crippen LogP contribution in [0.15, 0.2) is 53.0 Å². The minimum absolute atomic E-state index is 0.323. The molecule has 2 aromatic carbocycles. The van der Waals surface area contributed by atoms with E-state index in [1.807, 2.05) is 31.2 Å². The highest BCUT2D eigenvalue weighted by molar-refractivity contribution is 9.10. The van der Waals surface area contributed by atoms with E-state index in [-0.39, 0.29) is 5.82 Å². The molecule has 19 heavy (non-hydrogen) atoms. The summed E-state index contributed by atoms with van der Waals surface area (Å²) >= 11 is 3.48. The van der Waals surface area contributed by atoms with Crippen molar-refractivity contribution in [1.29, 1.82) is 0 Å². The first-order valence-corrected chi connectivity index (χ1v) is 7.06. The predicted molar refractivity (Wildman–Crippen MR) is 78.4 cm³/mol. The van der Waals surface area contributed by atoms with Crippen LogP contribution in [0.3, 0.4) is 0 Å². The number of benzene rings is 2. The van der Waals surface area contributed by atoms with Gasteiger partial charge < -0.3 is 5.11 Å². The molecule has 0 heterocycles. The van der Waals surface area contributed by atoms with Gasteiger partial charge >= 0.3 is 0 Å². The molecule has 1 nitrogen and oxygen atoms in total. The van der Waals surface area contributed by atoms with Crippen molar-refractivity contribution in [2.75, 3.05) is 0 Å². The lowest BCUT2D eigenvalue weighted by Gasteiger charge is -2.28. The fourth-order valence-corrected chi connectivity index (χ4v) is 2.59. The van der Waals surface area contributed by atoms with Crippen LogP contribution >= 0.6 is 15.9 Å². The van der Waals surface area contributed by atoms with Crippen LogP contribution < -0.4 is 0 Å². The molecule has 0 saturated heterocycles. The molecule has 1 N–H and O–H groups in total. The van der Waals surface area contributed by atoms with Crippen LogP contribution in [0.5, 0.6) is 0 Å². The topological polar surface area (TPSA) is 20.2 Å². The summed E-state index contributed by atoms with van der Waals surface area (Å²) in [5.74, 6) is -0.323. The second kappa shape index (κ2) is 5.85. The van der Waals surface area contributed by atoms with Crippen LogP contribution in [0.2, 0.25) is 0 Å². The van der Waals surface area contributed by atoms with Crippen molar-refractivity contribution < 1.29 is 9.50 Å². The number of hydrogen-bond acceptors (Lipinski definition) is 1. The minimum atomic E-state index is -1.05. The van der Waals surface area contributed by atoms with Gasteiger partial charge in [0.25, 0.3) is 0 Å². The molecule has 1 atom stereocenters. The van der Waals surface area contributed by atoms with Crippen molar-refractivity contribution in [3.63, 3.8) is 0 Å². The number of rotatable bonds is 4. The molecule has 100 valence electrons. The molecule has 0 aliphatic carbocycles. The molecule has 0 bridgehead atoms. The van der Waals surface area contributed by atoms with E-state index in [2.05, 4.69) is 15.9 Å². The highest BCUT2D eigenvalue weighted by atomic mass is 79.9. The van der Waals surface area contributed by atoms with Gasteiger partial charge in [-0.05, 0) is 35.7 Å².